The molecule has 1 aromatic heterocycles. The Hall–Kier alpha value is -1.24. The molecule has 106 valence electrons. The topological polar surface area (TPSA) is 85.8 Å². The van der Waals surface area contributed by atoms with Crippen molar-refractivity contribution in [3.63, 3.8) is 0 Å². The van der Waals surface area contributed by atoms with E-state index in [1.165, 1.54) is 19.3 Å². The van der Waals surface area contributed by atoms with Gasteiger partial charge in [0.2, 0.25) is 11.9 Å². The highest BCUT2D eigenvalue weighted by atomic mass is 32.2. The maximum atomic E-state index is 12.0. The van der Waals surface area contributed by atoms with E-state index in [9.17, 15) is 4.79 Å². The summed E-state index contributed by atoms with van der Waals surface area (Å²) in [5.41, 5.74) is 5.75. The molecule has 1 aliphatic rings. The summed E-state index contributed by atoms with van der Waals surface area (Å²) in [6.45, 7) is 2.24. The summed E-state index contributed by atoms with van der Waals surface area (Å²) in [4.78, 5) is 12.0. The quantitative estimate of drug-likeness (QED) is 0.798. The highest BCUT2D eigenvalue weighted by Gasteiger charge is 2.18. The summed E-state index contributed by atoms with van der Waals surface area (Å²) in [5, 5.41) is 11.6. The van der Waals surface area contributed by atoms with E-state index in [4.69, 9.17) is 5.73 Å². The number of amides is 1. The molecule has 0 unspecified atom stereocenters. The summed E-state index contributed by atoms with van der Waals surface area (Å²) < 4.78 is 1.67. The first-order valence-electron chi connectivity index (χ1n) is 6.81. The van der Waals surface area contributed by atoms with Crippen LogP contribution < -0.4 is 11.1 Å². The minimum Gasteiger partial charge on any atom is -0.368 e. The van der Waals surface area contributed by atoms with Gasteiger partial charge in [0.1, 0.15) is 6.54 Å². The molecule has 1 aliphatic carbocycles. The fraction of sp³-hybridized carbons (Fsp3) is 0.750. The highest BCUT2D eigenvalue weighted by molar-refractivity contribution is 7.99. The lowest BCUT2D eigenvalue weighted by molar-refractivity contribution is -0.122. The number of carbonyl (C=O) groups excluding carboxylic acids is 1. The van der Waals surface area contributed by atoms with Crippen molar-refractivity contribution >= 4 is 23.6 Å². The lowest BCUT2D eigenvalue weighted by atomic mass is 9.95. The van der Waals surface area contributed by atoms with Gasteiger partial charge in [0.15, 0.2) is 5.16 Å². The van der Waals surface area contributed by atoms with Gasteiger partial charge < -0.3 is 11.1 Å². The van der Waals surface area contributed by atoms with Crippen molar-refractivity contribution in [3.05, 3.63) is 0 Å². The second-order valence-corrected chi connectivity index (χ2v) is 5.99. The molecule has 0 aromatic carbocycles. The average Bonchev–Trinajstić information content (AvgIpc) is 2.73. The summed E-state index contributed by atoms with van der Waals surface area (Å²) in [6.07, 6.45) is 5.86. The molecule has 3 N–H and O–H groups in total. The van der Waals surface area contributed by atoms with Gasteiger partial charge in [-0.2, -0.15) is 0 Å². The van der Waals surface area contributed by atoms with Crippen LogP contribution >= 0.6 is 11.8 Å². The van der Waals surface area contributed by atoms with Crippen LogP contribution in [0.3, 0.4) is 0 Å². The van der Waals surface area contributed by atoms with Crippen molar-refractivity contribution in [2.24, 2.45) is 0 Å². The third-order valence-electron chi connectivity index (χ3n) is 3.29. The number of rotatable bonds is 5. The maximum Gasteiger partial charge on any atom is 0.240 e. The fourth-order valence-electron chi connectivity index (χ4n) is 2.35. The van der Waals surface area contributed by atoms with Gasteiger partial charge in [-0.1, -0.05) is 37.9 Å². The van der Waals surface area contributed by atoms with Gasteiger partial charge in [-0.25, -0.2) is 0 Å². The van der Waals surface area contributed by atoms with E-state index in [0.29, 0.717) is 17.1 Å². The van der Waals surface area contributed by atoms with Crippen LogP contribution in [0.4, 0.5) is 5.95 Å². The Labute approximate surface area is 117 Å². The van der Waals surface area contributed by atoms with Crippen molar-refractivity contribution in [1.29, 1.82) is 0 Å². The summed E-state index contributed by atoms with van der Waals surface area (Å²) in [7, 11) is 0. The molecule has 0 atom stereocenters. The molecule has 1 amide bonds. The van der Waals surface area contributed by atoms with E-state index in [-0.39, 0.29) is 12.5 Å². The molecule has 6 nitrogen and oxygen atoms in total. The normalized spacial score (nSPS) is 16.5. The second kappa shape index (κ2) is 6.79. The zero-order valence-electron chi connectivity index (χ0n) is 11.3. The standard InChI is InChI=1S/C12H21N5OS/c1-2-19-12-16-15-11(13)17(12)8-10(18)14-9-6-4-3-5-7-9/h9H,2-8H2,1H3,(H2,13,15)(H,14,18). The molecule has 1 heterocycles. The van der Waals surface area contributed by atoms with Crippen molar-refractivity contribution < 1.29 is 4.79 Å². The first kappa shape index (κ1) is 14.2. The Balaban J connectivity index is 1.92. The zero-order chi connectivity index (χ0) is 13.7. The van der Waals surface area contributed by atoms with Crippen molar-refractivity contribution in [1.82, 2.24) is 20.1 Å². The minimum atomic E-state index is -0.00338. The fourth-order valence-corrected chi connectivity index (χ4v) is 3.02. The van der Waals surface area contributed by atoms with Crippen LogP contribution in [-0.2, 0) is 11.3 Å². The van der Waals surface area contributed by atoms with Crippen LogP contribution in [0.5, 0.6) is 0 Å². The Morgan fingerprint density at radius 2 is 2.16 bits per heavy atom. The lowest BCUT2D eigenvalue weighted by Gasteiger charge is -2.23. The number of nitrogens with one attached hydrogen (secondary N) is 1. The first-order valence-corrected chi connectivity index (χ1v) is 7.80. The maximum absolute atomic E-state index is 12.0. The molecule has 19 heavy (non-hydrogen) atoms. The lowest BCUT2D eigenvalue weighted by Crippen LogP contribution is -2.38. The first-order chi connectivity index (χ1) is 9.20. The predicted octanol–water partition coefficient (Wildman–Crippen LogP) is 1.42. The van der Waals surface area contributed by atoms with Crippen molar-refractivity contribution in [2.75, 3.05) is 11.5 Å². The summed E-state index contributed by atoms with van der Waals surface area (Å²) >= 11 is 1.54. The van der Waals surface area contributed by atoms with Gasteiger partial charge in [0.25, 0.3) is 0 Å². The molecular weight excluding hydrogens is 262 g/mol. The Kier molecular flexibility index (Phi) is 5.07. The van der Waals surface area contributed by atoms with E-state index >= 15 is 0 Å². The number of aromatic nitrogens is 3. The van der Waals surface area contributed by atoms with Gasteiger partial charge >= 0.3 is 0 Å². The number of nitrogens with two attached hydrogens (primary N) is 1. The average molecular weight is 283 g/mol. The molecule has 0 bridgehead atoms. The van der Waals surface area contributed by atoms with Crippen molar-refractivity contribution in [2.45, 2.75) is 56.8 Å². The van der Waals surface area contributed by atoms with Crippen LogP contribution in [0.2, 0.25) is 0 Å². The number of carbonyl (C=O) groups is 1. The smallest absolute Gasteiger partial charge is 0.240 e. The molecule has 0 radical (unpaired) electrons. The van der Waals surface area contributed by atoms with Gasteiger partial charge in [-0.15, -0.1) is 10.2 Å². The van der Waals surface area contributed by atoms with Gasteiger partial charge in [0.05, 0.1) is 0 Å². The van der Waals surface area contributed by atoms with Crippen LogP contribution in [0, 0.1) is 0 Å². The van der Waals surface area contributed by atoms with Crippen LogP contribution in [0.25, 0.3) is 0 Å². The van der Waals surface area contributed by atoms with E-state index in [0.717, 1.165) is 18.6 Å². The minimum absolute atomic E-state index is 0.00338. The molecule has 0 spiro atoms. The molecule has 7 heteroatoms. The largest absolute Gasteiger partial charge is 0.368 e. The monoisotopic (exact) mass is 283 g/mol. The van der Waals surface area contributed by atoms with E-state index < -0.39 is 0 Å². The molecule has 1 saturated carbocycles. The van der Waals surface area contributed by atoms with Crippen LogP contribution in [0.15, 0.2) is 5.16 Å². The van der Waals surface area contributed by atoms with Gasteiger partial charge in [0, 0.05) is 6.04 Å². The summed E-state index contributed by atoms with van der Waals surface area (Å²) in [6, 6.07) is 0.321. The third-order valence-corrected chi connectivity index (χ3v) is 4.14. The number of hydrogen-bond donors (Lipinski definition) is 2. The predicted molar refractivity (Wildman–Crippen MR) is 75.8 cm³/mol. The molecule has 2 rings (SSSR count). The molecule has 1 aromatic rings. The van der Waals surface area contributed by atoms with Crippen molar-refractivity contribution in [3.8, 4) is 0 Å². The molecule has 0 saturated heterocycles. The van der Waals surface area contributed by atoms with Crippen LogP contribution in [-0.4, -0.2) is 32.5 Å². The second-order valence-electron chi connectivity index (χ2n) is 4.76. The number of nitrogen functional groups attached to an aromatic ring is 1. The number of anilines is 1. The number of hydrogen-bond acceptors (Lipinski definition) is 5. The number of nitrogens with zero attached hydrogens (tertiary/aromatic N) is 3. The highest BCUT2D eigenvalue weighted by Crippen LogP contribution is 2.19. The van der Waals surface area contributed by atoms with E-state index in [1.54, 1.807) is 16.3 Å². The SMILES string of the molecule is CCSc1nnc(N)n1CC(=O)NC1CCCCC1. The Bertz CT molecular complexity index is 428. The summed E-state index contributed by atoms with van der Waals surface area (Å²) in [5.74, 6) is 1.17. The Morgan fingerprint density at radius 3 is 2.84 bits per heavy atom. The van der Waals surface area contributed by atoms with Gasteiger partial charge in [-0.3, -0.25) is 9.36 Å². The third kappa shape index (κ3) is 3.86. The van der Waals surface area contributed by atoms with E-state index in [2.05, 4.69) is 15.5 Å². The van der Waals surface area contributed by atoms with E-state index in [1.807, 2.05) is 6.92 Å². The Morgan fingerprint density at radius 1 is 1.42 bits per heavy atom. The van der Waals surface area contributed by atoms with Crippen LogP contribution in [0.1, 0.15) is 39.0 Å². The van der Waals surface area contributed by atoms with Gasteiger partial charge in [-0.05, 0) is 18.6 Å². The number of thioether (sulfide) groups is 1. The molecule has 0 aliphatic heterocycles. The zero-order valence-corrected chi connectivity index (χ0v) is 12.1. The molecular formula is C12H21N5OS. The molecule has 1 fully saturated rings.